The van der Waals surface area contributed by atoms with Crippen LogP contribution in [0, 0.1) is 0 Å². The average Bonchev–Trinajstić information content (AvgIpc) is 2.85. The summed E-state index contributed by atoms with van der Waals surface area (Å²) in [7, 11) is 0. The van der Waals surface area contributed by atoms with Gasteiger partial charge < -0.3 is 5.11 Å². The van der Waals surface area contributed by atoms with E-state index in [0.717, 1.165) is 21.7 Å². The van der Waals surface area contributed by atoms with E-state index in [9.17, 15) is 9.90 Å². The zero-order valence-electron chi connectivity index (χ0n) is 16.9. The van der Waals surface area contributed by atoms with Crippen molar-refractivity contribution in [1.29, 1.82) is 0 Å². The Kier molecular flexibility index (Phi) is 5.01. The van der Waals surface area contributed by atoms with Gasteiger partial charge in [0.05, 0.1) is 23.0 Å². The summed E-state index contributed by atoms with van der Waals surface area (Å²) in [5.41, 5.74) is 5.75. The lowest BCUT2D eigenvalue weighted by Crippen LogP contribution is -2.18. The van der Waals surface area contributed by atoms with Gasteiger partial charge in [0.1, 0.15) is 5.75 Å². The number of aromatic hydroxyl groups is 1. The van der Waals surface area contributed by atoms with Crippen LogP contribution >= 0.6 is 0 Å². The second kappa shape index (κ2) is 8.28. The molecule has 0 radical (unpaired) electrons. The molecule has 5 aromatic rings. The third-order valence-electron chi connectivity index (χ3n) is 5.23. The van der Waals surface area contributed by atoms with Crippen molar-refractivity contribution < 1.29 is 9.90 Å². The predicted octanol–water partition coefficient (Wildman–Crippen LogP) is 4.92. The van der Waals surface area contributed by atoms with Crippen molar-refractivity contribution in [2.45, 2.75) is 0 Å². The highest BCUT2D eigenvalue weighted by Crippen LogP contribution is 2.26. The topological polar surface area (TPSA) is 87.5 Å². The Balaban J connectivity index is 1.50. The molecule has 0 spiro atoms. The number of pyridine rings is 2. The fourth-order valence-electron chi connectivity index (χ4n) is 3.66. The number of carbonyl (C=O) groups is 1. The summed E-state index contributed by atoms with van der Waals surface area (Å²) in [5, 5.41) is 16.9. The Morgan fingerprint density at radius 2 is 1.75 bits per heavy atom. The summed E-state index contributed by atoms with van der Waals surface area (Å²) >= 11 is 0. The van der Waals surface area contributed by atoms with Crippen LogP contribution in [0.4, 0.5) is 0 Å². The average molecular weight is 418 g/mol. The van der Waals surface area contributed by atoms with Crippen molar-refractivity contribution in [3.8, 4) is 17.0 Å². The molecule has 1 amide bonds. The molecule has 2 heterocycles. The number of nitrogens with one attached hydrogen (secondary N) is 1. The van der Waals surface area contributed by atoms with E-state index >= 15 is 0 Å². The van der Waals surface area contributed by atoms with E-state index in [1.165, 1.54) is 6.21 Å². The smallest absolute Gasteiger partial charge is 0.272 e. The molecule has 0 fully saturated rings. The van der Waals surface area contributed by atoms with Crippen LogP contribution in [-0.2, 0) is 0 Å². The molecule has 2 aromatic heterocycles. The van der Waals surface area contributed by atoms with E-state index in [4.69, 9.17) is 0 Å². The first-order chi connectivity index (χ1) is 15.7. The number of hydrogen-bond donors (Lipinski definition) is 2. The second-order valence-electron chi connectivity index (χ2n) is 7.23. The number of phenols is 1. The number of fused-ring (bicyclic) bond motifs is 2. The van der Waals surface area contributed by atoms with Crippen molar-refractivity contribution in [3.63, 3.8) is 0 Å². The number of aromatic nitrogens is 2. The largest absolute Gasteiger partial charge is 0.507 e. The first-order valence-electron chi connectivity index (χ1n) is 10.0. The normalized spacial score (nSPS) is 11.2. The number of carbonyl (C=O) groups excluding carboxylic acids is 1. The molecule has 6 nitrogen and oxygen atoms in total. The summed E-state index contributed by atoms with van der Waals surface area (Å²) in [5.74, 6) is -0.278. The molecular formula is C26H18N4O2. The second-order valence-corrected chi connectivity index (χ2v) is 7.23. The SMILES string of the molecule is O=C(NN=Cc1c(O)ccc2ccccc12)c1cc(-c2cccnc2)nc2ccccc12. The van der Waals surface area contributed by atoms with E-state index in [-0.39, 0.29) is 11.7 Å². The molecule has 0 unspecified atom stereocenters. The molecule has 0 saturated carbocycles. The number of rotatable bonds is 4. The molecule has 0 atom stereocenters. The molecule has 6 heteroatoms. The van der Waals surface area contributed by atoms with Crippen molar-refractivity contribution in [3.05, 3.63) is 102 Å². The number of benzene rings is 3. The number of phenolic OH excluding ortho intramolecular Hbond substituents is 1. The number of amides is 1. The van der Waals surface area contributed by atoms with Crippen molar-refractivity contribution in [2.24, 2.45) is 5.10 Å². The van der Waals surface area contributed by atoms with Gasteiger partial charge in [0.2, 0.25) is 0 Å². The van der Waals surface area contributed by atoms with Crippen LogP contribution in [0.2, 0.25) is 0 Å². The summed E-state index contributed by atoms with van der Waals surface area (Å²) < 4.78 is 0. The highest BCUT2D eigenvalue weighted by Gasteiger charge is 2.14. The summed E-state index contributed by atoms with van der Waals surface area (Å²) in [6, 6.07) is 24.0. The molecule has 3 aromatic carbocycles. The fraction of sp³-hybridized carbons (Fsp3) is 0. The van der Waals surface area contributed by atoms with E-state index in [1.807, 2.05) is 66.7 Å². The number of nitrogens with zero attached hydrogens (tertiary/aromatic N) is 3. The van der Waals surface area contributed by atoms with Gasteiger partial charge >= 0.3 is 0 Å². The van der Waals surface area contributed by atoms with Crippen LogP contribution in [0.25, 0.3) is 32.9 Å². The highest BCUT2D eigenvalue weighted by molar-refractivity contribution is 6.08. The molecule has 0 bridgehead atoms. The molecule has 2 N–H and O–H groups in total. The quantitative estimate of drug-likeness (QED) is 0.320. The van der Waals surface area contributed by atoms with Crippen molar-refractivity contribution >= 4 is 33.8 Å². The lowest BCUT2D eigenvalue weighted by molar-refractivity contribution is 0.0956. The first kappa shape index (κ1) is 19.4. The van der Waals surface area contributed by atoms with Crippen LogP contribution in [-0.4, -0.2) is 27.2 Å². The summed E-state index contributed by atoms with van der Waals surface area (Å²) in [4.78, 5) is 21.9. The van der Waals surface area contributed by atoms with Crippen molar-refractivity contribution in [1.82, 2.24) is 15.4 Å². The Hall–Kier alpha value is -4.58. The van der Waals surface area contributed by atoms with Crippen LogP contribution in [0.1, 0.15) is 15.9 Å². The molecule has 0 aliphatic carbocycles. The zero-order valence-corrected chi connectivity index (χ0v) is 16.9. The molecule has 0 aliphatic rings. The Bertz CT molecular complexity index is 1480. The minimum atomic E-state index is -0.371. The fourth-order valence-corrected chi connectivity index (χ4v) is 3.66. The van der Waals surface area contributed by atoms with Gasteiger partial charge in [-0.1, -0.05) is 48.5 Å². The summed E-state index contributed by atoms with van der Waals surface area (Å²) in [6.45, 7) is 0. The maximum atomic E-state index is 13.1. The van der Waals surface area contributed by atoms with Crippen LogP contribution < -0.4 is 5.43 Å². The maximum Gasteiger partial charge on any atom is 0.272 e. The maximum absolute atomic E-state index is 13.1. The number of para-hydroxylation sites is 1. The minimum Gasteiger partial charge on any atom is -0.507 e. The van der Waals surface area contributed by atoms with Gasteiger partial charge in [0, 0.05) is 28.9 Å². The van der Waals surface area contributed by atoms with Gasteiger partial charge in [-0.15, -0.1) is 0 Å². The van der Waals surface area contributed by atoms with Crippen LogP contribution in [0.15, 0.2) is 96.4 Å². The van der Waals surface area contributed by atoms with Crippen LogP contribution in [0.3, 0.4) is 0 Å². The third kappa shape index (κ3) is 3.65. The zero-order chi connectivity index (χ0) is 21.9. The van der Waals surface area contributed by atoms with E-state index in [2.05, 4.69) is 20.5 Å². The highest BCUT2D eigenvalue weighted by atomic mass is 16.3. The standard InChI is InChI=1S/C26H18N4O2/c31-25-12-11-17-6-1-2-8-19(17)22(25)16-28-30-26(32)21-14-24(18-7-5-13-27-15-18)29-23-10-4-3-9-20(21)23/h1-16,31H,(H,30,32). The first-order valence-corrected chi connectivity index (χ1v) is 10.0. The lowest BCUT2D eigenvalue weighted by atomic mass is 10.0. The van der Waals surface area contributed by atoms with Gasteiger partial charge in [0.15, 0.2) is 0 Å². The Morgan fingerprint density at radius 1 is 0.938 bits per heavy atom. The van der Waals surface area contributed by atoms with Gasteiger partial charge in [-0.3, -0.25) is 9.78 Å². The molecule has 0 aliphatic heterocycles. The van der Waals surface area contributed by atoms with Gasteiger partial charge in [-0.25, -0.2) is 10.4 Å². The van der Waals surface area contributed by atoms with Crippen LogP contribution in [0.5, 0.6) is 5.75 Å². The molecular weight excluding hydrogens is 400 g/mol. The van der Waals surface area contributed by atoms with E-state index in [0.29, 0.717) is 22.3 Å². The Morgan fingerprint density at radius 3 is 2.59 bits per heavy atom. The molecule has 0 saturated heterocycles. The van der Waals surface area contributed by atoms with E-state index in [1.54, 1.807) is 24.5 Å². The lowest BCUT2D eigenvalue weighted by Gasteiger charge is -2.09. The van der Waals surface area contributed by atoms with Crippen molar-refractivity contribution in [2.75, 3.05) is 0 Å². The number of hydrogen-bond acceptors (Lipinski definition) is 5. The molecule has 154 valence electrons. The van der Waals surface area contributed by atoms with E-state index < -0.39 is 0 Å². The molecule has 5 rings (SSSR count). The number of hydrazone groups is 1. The molecule has 32 heavy (non-hydrogen) atoms. The monoisotopic (exact) mass is 418 g/mol. The summed E-state index contributed by atoms with van der Waals surface area (Å²) in [6.07, 6.45) is 4.86. The third-order valence-corrected chi connectivity index (χ3v) is 5.23. The minimum absolute atomic E-state index is 0.0925. The van der Waals surface area contributed by atoms with Gasteiger partial charge in [-0.05, 0) is 41.1 Å². The predicted molar refractivity (Wildman–Crippen MR) is 126 cm³/mol. The van der Waals surface area contributed by atoms with Gasteiger partial charge in [-0.2, -0.15) is 5.10 Å². The Labute approximate surface area is 183 Å². The van der Waals surface area contributed by atoms with Gasteiger partial charge in [0.25, 0.3) is 5.91 Å².